The minimum absolute atomic E-state index is 0.0292. The van der Waals surface area contributed by atoms with Crippen LogP contribution in [-0.4, -0.2) is 71.7 Å². The fourth-order valence-electron chi connectivity index (χ4n) is 3.71. The van der Waals surface area contributed by atoms with Crippen molar-refractivity contribution in [1.82, 2.24) is 14.7 Å². The Bertz CT molecular complexity index is 846. The molecule has 3 heterocycles. The van der Waals surface area contributed by atoms with E-state index in [1.165, 1.54) is 6.26 Å². The largest absolute Gasteiger partial charge is 0.459 e. The molecule has 0 N–H and O–H groups in total. The van der Waals surface area contributed by atoms with Crippen molar-refractivity contribution in [2.45, 2.75) is 12.8 Å². The molecular formula is C21H23N3O4. The second-order valence-corrected chi connectivity index (χ2v) is 7.14. The molecule has 7 heteroatoms. The number of hydrogen-bond acceptors (Lipinski definition) is 4. The first-order valence-electron chi connectivity index (χ1n) is 9.65. The molecule has 2 aliphatic rings. The number of hydrogen-bond donors (Lipinski definition) is 0. The molecule has 0 unspecified atom stereocenters. The van der Waals surface area contributed by atoms with Crippen LogP contribution in [0.5, 0.6) is 0 Å². The van der Waals surface area contributed by atoms with E-state index in [1.54, 1.807) is 46.2 Å². The van der Waals surface area contributed by atoms with Crippen LogP contribution in [-0.2, 0) is 0 Å². The van der Waals surface area contributed by atoms with Crippen molar-refractivity contribution in [3.8, 4) is 0 Å². The summed E-state index contributed by atoms with van der Waals surface area (Å²) < 4.78 is 5.16. The Morgan fingerprint density at radius 2 is 1.11 bits per heavy atom. The maximum absolute atomic E-state index is 12.8. The maximum atomic E-state index is 12.8. The molecule has 28 heavy (non-hydrogen) atoms. The van der Waals surface area contributed by atoms with Gasteiger partial charge in [-0.2, -0.15) is 0 Å². The zero-order valence-corrected chi connectivity index (χ0v) is 15.7. The second kappa shape index (κ2) is 7.88. The SMILES string of the molecule is O=C(c1ccc(C(=O)N2CCN(C(=O)c3ccco3)CC2)cc1)N1CCCC1. The van der Waals surface area contributed by atoms with Crippen LogP contribution in [0, 0.1) is 0 Å². The topological polar surface area (TPSA) is 74.1 Å². The molecule has 2 aromatic rings. The van der Waals surface area contributed by atoms with Crippen molar-refractivity contribution in [2.24, 2.45) is 0 Å². The average molecular weight is 381 g/mol. The molecule has 0 spiro atoms. The van der Waals surface area contributed by atoms with Gasteiger partial charge < -0.3 is 19.1 Å². The van der Waals surface area contributed by atoms with E-state index >= 15 is 0 Å². The van der Waals surface area contributed by atoms with Crippen LogP contribution < -0.4 is 0 Å². The zero-order chi connectivity index (χ0) is 19.5. The highest BCUT2D eigenvalue weighted by Crippen LogP contribution is 2.16. The third-order valence-corrected chi connectivity index (χ3v) is 5.36. The van der Waals surface area contributed by atoms with E-state index in [0.29, 0.717) is 43.1 Å². The van der Waals surface area contributed by atoms with Crippen LogP contribution in [0.25, 0.3) is 0 Å². The number of furan rings is 1. The van der Waals surface area contributed by atoms with E-state index in [2.05, 4.69) is 0 Å². The highest BCUT2D eigenvalue weighted by molar-refractivity contribution is 5.98. The summed E-state index contributed by atoms with van der Waals surface area (Å²) >= 11 is 0. The molecule has 2 saturated heterocycles. The van der Waals surface area contributed by atoms with E-state index in [-0.39, 0.29) is 17.7 Å². The Labute approximate surface area is 163 Å². The number of likely N-dealkylation sites (tertiary alicyclic amines) is 1. The third-order valence-electron chi connectivity index (χ3n) is 5.36. The molecule has 146 valence electrons. The number of piperazine rings is 1. The van der Waals surface area contributed by atoms with Crippen molar-refractivity contribution in [3.05, 3.63) is 59.5 Å². The van der Waals surface area contributed by atoms with Gasteiger partial charge in [0.15, 0.2) is 5.76 Å². The number of carbonyl (C=O) groups is 3. The molecule has 0 radical (unpaired) electrons. The molecule has 1 aromatic carbocycles. The number of benzene rings is 1. The van der Waals surface area contributed by atoms with Crippen molar-refractivity contribution in [1.29, 1.82) is 0 Å². The second-order valence-electron chi connectivity index (χ2n) is 7.14. The summed E-state index contributed by atoms with van der Waals surface area (Å²) in [6.07, 6.45) is 3.58. The summed E-state index contributed by atoms with van der Waals surface area (Å²) in [7, 11) is 0. The minimum atomic E-state index is -0.151. The lowest BCUT2D eigenvalue weighted by Gasteiger charge is -2.34. The molecule has 0 aliphatic carbocycles. The monoisotopic (exact) mass is 381 g/mol. The lowest BCUT2D eigenvalue weighted by molar-refractivity contribution is 0.0518. The number of nitrogens with zero attached hydrogens (tertiary/aromatic N) is 3. The fourth-order valence-corrected chi connectivity index (χ4v) is 3.71. The summed E-state index contributed by atoms with van der Waals surface area (Å²) in [6.45, 7) is 3.49. The maximum Gasteiger partial charge on any atom is 0.289 e. The Morgan fingerprint density at radius 1 is 0.643 bits per heavy atom. The fraction of sp³-hybridized carbons (Fsp3) is 0.381. The van der Waals surface area contributed by atoms with Crippen LogP contribution in [0.3, 0.4) is 0 Å². The first-order chi connectivity index (χ1) is 13.6. The van der Waals surface area contributed by atoms with Crippen molar-refractivity contribution >= 4 is 17.7 Å². The van der Waals surface area contributed by atoms with Gasteiger partial charge in [0.2, 0.25) is 0 Å². The standard InChI is InChI=1S/C21H23N3O4/c25-19(22-9-1-2-10-22)16-5-7-17(8-6-16)20(26)23-11-13-24(14-12-23)21(27)18-4-3-15-28-18/h3-8,15H,1-2,9-14H2. The van der Waals surface area contributed by atoms with Gasteiger partial charge in [0.05, 0.1) is 6.26 Å². The Balaban J connectivity index is 1.35. The summed E-state index contributed by atoms with van der Waals surface area (Å²) in [5.41, 5.74) is 1.18. The smallest absolute Gasteiger partial charge is 0.289 e. The van der Waals surface area contributed by atoms with Crippen LogP contribution in [0.15, 0.2) is 47.1 Å². The average Bonchev–Trinajstić information content (AvgIpc) is 3.47. The first kappa shape index (κ1) is 18.3. The molecule has 3 amide bonds. The lowest BCUT2D eigenvalue weighted by atomic mass is 10.1. The predicted molar refractivity (Wildman–Crippen MR) is 102 cm³/mol. The van der Waals surface area contributed by atoms with Crippen molar-refractivity contribution < 1.29 is 18.8 Å². The van der Waals surface area contributed by atoms with Gasteiger partial charge in [-0.25, -0.2) is 0 Å². The van der Waals surface area contributed by atoms with Gasteiger partial charge in [-0.15, -0.1) is 0 Å². The molecule has 2 aliphatic heterocycles. The molecule has 0 atom stereocenters. The van der Waals surface area contributed by atoms with Gasteiger partial charge in [0, 0.05) is 50.4 Å². The Kier molecular flexibility index (Phi) is 5.14. The van der Waals surface area contributed by atoms with Gasteiger partial charge in [0.25, 0.3) is 17.7 Å². The van der Waals surface area contributed by atoms with Gasteiger partial charge in [-0.1, -0.05) is 0 Å². The van der Waals surface area contributed by atoms with E-state index in [0.717, 1.165) is 25.9 Å². The van der Waals surface area contributed by atoms with Crippen molar-refractivity contribution in [3.63, 3.8) is 0 Å². The minimum Gasteiger partial charge on any atom is -0.459 e. The van der Waals surface area contributed by atoms with Crippen LogP contribution in [0.4, 0.5) is 0 Å². The van der Waals surface area contributed by atoms with E-state index in [9.17, 15) is 14.4 Å². The number of amides is 3. The molecule has 7 nitrogen and oxygen atoms in total. The van der Waals surface area contributed by atoms with E-state index in [4.69, 9.17) is 4.42 Å². The normalized spacial score (nSPS) is 17.1. The molecule has 1 aromatic heterocycles. The third kappa shape index (κ3) is 3.65. The summed E-state index contributed by atoms with van der Waals surface area (Å²) in [6, 6.07) is 10.2. The van der Waals surface area contributed by atoms with Gasteiger partial charge in [-0.3, -0.25) is 14.4 Å². The van der Waals surface area contributed by atoms with Crippen molar-refractivity contribution in [2.75, 3.05) is 39.3 Å². The van der Waals surface area contributed by atoms with E-state index in [1.807, 2.05) is 4.90 Å². The van der Waals surface area contributed by atoms with Crippen LogP contribution in [0.1, 0.15) is 44.1 Å². The molecule has 0 saturated carbocycles. The highest BCUT2D eigenvalue weighted by atomic mass is 16.3. The van der Waals surface area contributed by atoms with Gasteiger partial charge >= 0.3 is 0 Å². The predicted octanol–water partition coefficient (Wildman–Crippen LogP) is 2.11. The quantitative estimate of drug-likeness (QED) is 0.816. The van der Waals surface area contributed by atoms with Gasteiger partial charge in [0.1, 0.15) is 0 Å². The lowest BCUT2D eigenvalue weighted by Crippen LogP contribution is -2.50. The first-order valence-corrected chi connectivity index (χ1v) is 9.65. The zero-order valence-electron chi connectivity index (χ0n) is 15.7. The molecular weight excluding hydrogens is 358 g/mol. The number of carbonyl (C=O) groups excluding carboxylic acids is 3. The van der Waals surface area contributed by atoms with Crippen LogP contribution >= 0.6 is 0 Å². The Morgan fingerprint density at radius 3 is 1.57 bits per heavy atom. The Hall–Kier alpha value is -3.09. The summed E-state index contributed by atoms with van der Waals surface area (Å²) in [4.78, 5) is 42.8. The molecule has 2 fully saturated rings. The summed E-state index contributed by atoms with van der Waals surface area (Å²) in [5, 5.41) is 0. The molecule has 4 rings (SSSR count). The van der Waals surface area contributed by atoms with E-state index < -0.39 is 0 Å². The number of rotatable bonds is 3. The van der Waals surface area contributed by atoms with Gasteiger partial charge in [-0.05, 0) is 49.2 Å². The highest BCUT2D eigenvalue weighted by Gasteiger charge is 2.27. The molecule has 0 bridgehead atoms. The summed E-state index contributed by atoms with van der Waals surface area (Å²) in [5.74, 6) is 0.117. The van der Waals surface area contributed by atoms with Crippen LogP contribution in [0.2, 0.25) is 0 Å².